The molecular formula is C22H24N4O2S. The number of aromatic nitrogens is 3. The number of nitrogens with zero attached hydrogens (tertiary/aromatic N) is 3. The van der Waals surface area contributed by atoms with Crippen molar-refractivity contribution in [3.63, 3.8) is 0 Å². The average molecular weight is 409 g/mol. The number of amides is 1. The van der Waals surface area contributed by atoms with Gasteiger partial charge in [0.05, 0.1) is 18.0 Å². The van der Waals surface area contributed by atoms with Gasteiger partial charge in [0.1, 0.15) is 11.6 Å². The van der Waals surface area contributed by atoms with Gasteiger partial charge in [-0.3, -0.25) is 4.79 Å². The average Bonchev–Trinajstić information content (AvgIpc) is 3.10. The van der Waals surface area contributed by atoms with E-state index < -0.39 is 0 Å². The zero-order valence-electron chi connectivity index (χ0n) is 16.4. The monoisotopic (exact) mass is 408 g/mol. The van der Waals surface area contributed by atoms with Crippen LogP contribution < -0.4 is 10.1 Å². The van der Waals surface area contributed by atoms with E-state index in [1.807, 2.05) is 54.0 Å². The third kappa shape index (κ3) is 5.71. The highest BCUT2D eigenvalue weighted by atomic mass is 32.2. The summed E-state index contributed by atoms with van der Waals surface area (Å²) in [6.45, 7) is 6.86. The molecule has 1 aromatic heterocycles. The number of para-hydroxylation sites is 2. The van der Waals surface area contributed by atoms with Crippen molar-refractivity contribution < 1.29 is 9.53 Å². The number of benzene rings is 2. The first-order valence-corrected chi connectivity index (χ1v) is 10.4. The van der Waals surface area contributed by atoms with E-state index >= 15 is 0 Å². The van der Waals surface area contributed by atoms with Crippen molar-refractivity contribution in [3.05, 3.63) is 78.6 Å². The molecule has 0 aliphatic rings. The number of thioether (sulfide) groups is 1. The molecule has 1 heterocycles. The molecule has 0 saturated heterocycles. The van der Waals surface area contributed by atoms with Crippen LogP contribution in [0.1, 0.15) is 18.3 Å². The molecule has 1 N–H and O–H groups in total. The van der Waals surface area contributed by atoms with E-state index in [1.54, 1.807) is 6.08 Å². The molecule has 0 bridgehead atoms. The van der Waals surface area contributed by atoms with Crippen LogP contribution in [0.2, 0.25) is 0 Å². The van der Waals surface area contributed by atoms with Crippen LogP contribution in [0.15, 0.2) is 72.4 Å². The minimum atomic E-state index is -0.125. The quantitative estimate of drug-likeness (QED) is 0.402. The van der Waals surface area contributed by atoms with E-state index in [1.165, 1.54) is 11.8 Å². The molecule has 3 aromatic rings. The molecule has 7 heteroatoms. The summed E-state index contributed by atoms with van der Waals surface area (Å²) >= 11 is 1.35. The smallest absolute Gasteiger partial charge is 0.234 e. The van der Waals surface area contributed by atoms with Crippen LogP contribution in [0.5, 0.6) is 5.75 Å². The van der Waals surface area contributed by atoms with Crippen molar-refractivity contribution in [3.8, 4) is 5.75 Å². The van der Waals surface area contributed by atoms with Crippen molar-refractivity contribution in [2.24, 2.45) is 0 Å². The van der Waals surface area contributed by atoms with Crippen LogP contribution in [-0.4, -0.2) is 33.0 Å². The molecule has 2 aromatic carbocycles. The summed E-state index contributed by atoms with van der Waals surface area (Å²) in [4.78, 5) is 12.4. The van der Waals surface area contributed by atoms with Gasteiger partial charge in [0.2, 0.25) is 5.91 Å². The highest BCUT2D eigenvalue weighted by Crippen LogP contribution is 2.25. The maximum absolute atomic E-state index is 12.4. The summed E-state index contributed by atoms with van der Waals surface area (Å²) in [6, 6.07) is 17.5. The number of carbonyl (C=O) groups excluding carboxylic acids is 1. The Kier molecular flexibility index (Phi) is 7.47. The molecule has 6 nitrogen and oxygen atoms in total. The predicted octanol–water partition coefficient (Wildman–Crippen LogP) is 4.18. The molecule has 0 radical (unpaired) electrons. The SMILES string of the molecule is C=CCn1c(Cc2ccccc2)nnc1SCC(=O)Nc1ccccc1OCC. The molecule has 0 aliphatic carbocycles. The lowest BCUT2D eigenvalue weighted by atomic mass is 10.1. The number of hydrogen-bond donors (Lipinski definition) is 1. The number of hydrogen-bond acceptors (Lipinski definition) is 5. The van der Waals surface area contributed by atoms with Gasteiger partial charge in [0, 0.05) is 13.0 Å². The molecule has 3 rings (SSSR count). The molecule has 1 amide bonds. The summed E-state index contributed by atoms with van der Waals surface area (Å²) in [5, 5.41) is 12.2. The fourth-order valence-electron chi connectivity index (χ4n) is 2.82. The molecule has 0 spiro atoms. The maximum atomic E-state index is 12.4. The summed E-state index contributed by atoms with van der Waals surface area (Å²) in [5.74, 6) is 1.61. The predicted molar refractivity (Wildman–Crippen MR) is 116 cm³/mol. The van der Waals surface area contributed by atoms with E-state index in [4.69, 9.17) is 4.74 Å². The Morgan fingerprint density at radius 1 is 1.17 bits per heavy atom. The Bertz CT molecular complexity index is 956. The van der Waals surface area contributed by atoms with E-state index in [0.717, 1.165) is 11.4 Å². The van der Waals surface area contributed by atoms with E-state index in [9.17, 15) is 4.79 Å². The summed E-state index contributed by atoms with van der Waals surface area (Å²) in [5.41, 5.74) is 1.82. The van der Waals surface area contributed by atoms with Gasteiger partial charge in [0.15, 0.2) is 5.16 Å². The third-order valence-corrected chi connectivity index (χ3v) is 5.07. The van der Waals surface area contributed by atoms with Crippen molar-refractivity contribution in [2.45, 2.75) is 25.0 Å². The van der Waals surface area contributed by atoms with Gasteiger partial charge in [-0.05, 0) is 24.6 Å². The zero-order valence-corrected chi connectivity index (χ0v) is 17.2. The number of nitrogens with one attached hydrogen (secondary N) is 1. The van der Waals surface area contributed by atoms with Crippen LogP contribution >= 0.6 is 11.8 Å². The zero-order chi connectivity index (χ0) is 20.5. The highest BCUT2D eigenvalue weighted by Gasteiger charge is 2.15. The Morgan fingerprint density at radius 3 is 2.69 bits per heavy atom. The second kappa shape index (κ2) is 10.5. The van der Waals surface area contributed by atoms with E-state index in [0.29, 0.717) is 36.2 Å². The fraction of sp³-hybridized carbons (Fsp3) is 0.227. The summed E-state index contributed by atoms with van der Waals surface area (Å²) in [6.07, 6.45) is 2.48. The lowest BCUT2D eigenvalue weighted by Gasteiger charge is -2.11. The summed E-state index contributed by atoms with van der Waals surface area (Å²) < 4.78 is 7.54. The number of allylic oxidation sites excluding steroid dienone is 1. The van der Waals surface area contributed by atoms with Gasteiger partial charge in [0.25, 0.3) is 0 Å². The number of carbonyl (C=O) groups is 1. The number of ether oxygens (including phenoxy) is 1. The molecule has 150 valence electrons. The molecule has 29 heavy (non-hydrogen) atoms. The largest absolute Gasteiger partial charge is 0.492 e. The normalized spacial score (nSPS) is 10.5. The van der Waals surface area contributed by atoms with Crippen molar-refractivity contribution in [1.29, 1.82) is 0 Å². The van der Waals surface area contributed by atoms with Gasteiger partial charge >= 0.3 is 0 Å². The van der Waals surface area contributed by atoms with Crippen molar-refractivity contribution >= 4 is 23.4 Å². The van der Waals surface area contributed by atoms with Crippen LogP contribution in [0, 0.1) is 0 Å². The van der Waals surface area contributed by atoms with Crippen LogP contribution in [0.3, 0.4) is 0 Å². The lowest BCUT2D eigenvalue weighted by Crippen LogP contribution is -2.15. The number of rotatable bonds is 10. The second-order valence-electron chi connectivity index (χ2n) is 6.23. The minimum Gasteiger partial charge on any atom is -0.492 e. The minimum absolute atomic E-state index is 0.125. The molecule has 0 atom stereocenters. The third-order valence-electron chi connectivity index (χ3n) is 4.10. The molecule has 0 saturated carbocycles. The lowest BCUT2D eigenvalue weighted by molar-refractivity contribution is -0.113. The second-order valence-corrected chi connectivity index (χ2v) is 7.17. The van der Waals surface area contributed by atoms with Gasteiger partial charge in [-0.15, -0.1) is 16.8 Å². The Balaban J connectivity index is 1.65. The molecule has 0 aliphatic heterocycles. The standard InChI is InChI=1S/C22H24N4O2S/c1-3-14-26-20(15-17-10-6-5-7-11-17)24-25-22(26)29-16-21(27)23-18-12-8-9-13-19(18)28-4-2/h3,5-13H,1,4,14-16H2,2H3,(H,23,27). The summed E-state index contributed by atoms with van der Waals surface area (Å²) in [7, 11) is 0. The Hall–Kier alpha value is -3.06. The van der Waals surface area contributed by atoms with Crippen LogP contribution in [-0.2, 0) is 17.8 Å². The Labute approximate surface area is 175 Å². The number of anilines is 1. The van der Waals surface area contributed by atoms with Crippen LogP contribution in [0.4, 0.5) is 5.69 Å². The topological polar surface area (TPSA) is 69.0 Å². The van der Waals surface area contributed by atoms with E-state index in [2.05, 4.69) is 34.2 Å². The first kappa shape index (κ1) is 20.7. The first-order valence-electron chi connectivity index (χ1n) is 9.42. The Morgan fingerprint density at radius 2 is 1.93 bits per heavy atom. The molecule has 0 unspecified atom stereocenters. The fourth-order valence-corrected chi connectivity index (χ4v) is 3.58. The first-order chi connectivity index (χ1) is 14.2. The highest BCUT2D eigenvalue weighted by molar-refractivity contribution is 7.99. The van der Waals surface area contributed by atoms with Gasteiger partial charge < -0.3 is 14.6 Å². The van der Waals surface area contributed by atoms with E-state index in [-0.39, 0.29) is 11.7 Å². The molecule has 0 fully saturated rings. The van der Waals surface area contributed by atoms with Crippen molar-refractivity contribution in [1.82, 2.24) is 14.8 Å². The van der Waals surface area contributed by atoms with Gasteiger partial charge in [-0.25, -0.2) is 0 Å². The maximum Gasteiger partial charge on any atom is 0.234 e. The van der Waals surface area contributed by atoms with Gasteiger partial charge in [-0.1, -0.05) is 60.3 Å². The molecular weight excluding hydrogens is 384 g/mol. The van der Waals surface area contributed by atoms with Crippen LogP contribution in [0.25, 0.3) is 0 Å². The van der Waals surface area contributed by atoms with Crippen molar-refractivity contribution in [2.75, 3.05) is 17.7 Å². The van der Waals surface area contributed by atoms with Gasteiger partial charge in [-0.2, -0.15) is 0 Å².